The van der Waals surface area contributed by atoms with Gasteiger partial charge in [-0.05, 0) is 32.3 Å². The van der Waals surface area contributed by atoms with Gasteiger partial charge in [0.05, 0.1) is 13.2 Å². The minimum absolute atomic E-state index is 0.0212. The van der Waals surface area contributed by atoms with Crippen LogP contribution in [-0.2, 0) is 9.53 Å². The predicted molar refractivity (Wildman–Crippen MR) is 69.0 cm³/mol. The van der Waals surface area contributed by atoms with Gasteiger partial charge in [0.25, 0.3) is 0 Å². The first-order valence-electron chi connectivity index (χ1n) is 6.32. The van der Waals surface area contributed by atoms with Gasteiger partial charge in [0.2, 0.25) is 5.82 Å². The topological polar surface area (TPSA) is 72.4 Å². The summed E-state index contributed by atoms with van der Waals surface area (Å²) in [5, 5.41) is 0. The minimum atomic E-state index is -0.571. The summed E-state index contributed by atoms with van der Waals surface area (Å²) < 4.78 is 4.60. The molecule has 19 heavy (non-hydrogen) atoms. The van der Waals surface area contributed by atoms with Gasteiger partial charge in [0.15, 0.2) is 5.78 Å². The van der Waals surface area contributed by atoms with Gasteiger partial charge in [-0.25, -0.2) is 14.8 Å². The van der Waals surface area contributed by atoms with E-state index in [1.54, 1.807) is 13.0 Å². The molecule has 0 aromatic carbocycles. The number of ketones is 1. The SMILES string of the molecule is COC(=O)c1nccc(N2CCCCC2C(C)=O)n1. The Morgan fingerprint density at radius 3 is 2.89 bits per heavy atom. The van der Waals surface area contributed by atoms with Crippen molar-refractivity contribution in [1.29, 1.82) is 0 Å². The zero-order chi connectivity index (χ0) is 13.8. The zero-order valence-electron chi connectivity index (χ0n) is 11.1. The molecule has 102 valence electrons. The van der Waals surface area contributed by atoms with Crippen molar-refractivity contribution in [3.63, 3.8) is 0 Å². The van der Waals surface area contributed by atoms with Crippen LogP contribution < -0.4 is 4.90 Å². The van der Waals surface area contributed by atoms with Crippen LogP contribution in [-0.4, -0.2) is 41.4 Å². The van der Waals surface area contributed by atoms with Crippen LogP contribution >= 0.6 is 0 Å². The van der Waals surface area contributed by atoms with Crippen molar-refractivity contribution in [2.45, 2.75) is 32.2 Å². The third-order valence-electron chi connectivity index (χ3n) is 3.28. The van der Waals surface area contributed by atoms with E-state index in [0.29, 0.717) is 5.82 Å². The lowest BCUT2D eigenvalue weighted by atomic mass is 9.99. The first-order valence-corrected chi connectivity index (χ1v) is 6.32. The zero-order valence-corrected chi connectivity index (χ0v) is 11.1. The molecule has 1 unspecified atom stereocenters. The van der Waals surface area contributed by atoms with E-state index in [1.165, 1.54) is 13.3 Å². The summed E-state index contributed by atoms with van der Waals surface area (Å²) in [5.74, 6) is 0.180. The van der Waals surface area contributed by atoms with Gasteiger partial charge in [-0.2, -0.15) is 0 Å². The summed E-state index contributed by atoms with van der Waals surface area (Å²) >= 11 is 0. The molecule has 1 aromatic heterocycles. The number of piperidine rings is 1. The van der Waals surface area contributed by atoms with Crippen LogP contribution in [0, 0.1) is 0 Å². The molecule has 2 rings (SSSR count). The summed E-state index contributed by atoms with van der Waals surface area (Å²) in [6.45, 7) is 2.35. The quantitative estimate of drug-likeness (QED) is 0.763. The number of ether oxygens (including phenoxy) is 1. The molecular formula is C13H17N3O3. The number of methoxy groups -OCH3 is 1. The molecular weight excluding hydrogens is 246 g/mol. The Bertz CT molecular complexity index is 490. The van der Waals surface area contributed by atoms with Crippen LogP contribution in [0.3, 0.4) is 0 Å². The second-order valence-electron chi connectivity index (χ2n) is 4.55. The van der Waals surface area contributed by atoms with Crippen LogP contribution in [0.4, 0.5) is 5.82 Å². The maximum Gasteiger partial charge on any atom is 0.376 e. The summed E-state index contributed by atoms with van der Waals surface area (Å²) in [7, 11) is 1.29. The Labute approximate surface area is 111 Å². The van der Waals surface area contributed by atoms with E-state index in [4.69, 9.17) is 0 Å². The number of carbonyl (C=O) groups excluding carboxylic acids is 2. The second kappa shape index (κ2) is 5.77. The molecule has 1 aliphatic heterocycles. The lowest BCUT2D eigenvalue weighted by Crippen LogP contribution is -2.44. The highest BCUT2D eigenvalue weighted by molar-refractivity contribution is 5.86. The molecule has 1 fully saturated rings. The molecule has 6 heteroatoms. The van der Waals surface area contributed by atoms with Crippen LogP contribution in [0.1, 0.15) is 36.8 Å². The van der Waals surface area contributed by atoms with Gasteiger partial charge in [-0.1, -0.05) is 0 Å². The first-order chi connectivity index (χ1) is 9.13. The molecule has 1 atom stereocenters. The van der Waals surface area contributed by atoms with Crippen molar-refractivity contribution in [3.8, 4) is 0 Å². The number of Topliss-reactive ketones (excluding diaryl/α,β-unsaturated/α-hetero) is 1. The third kappa shape index (κ3) is 2.89. The Kier molecular flexibility index (Phi) is 4.09. The highest BCUT2D eigenvalue weighted by Gasteiger charge is 2.27. The highest BCUT2D eigenvalue weighted by Crippen LogP contribution is 2.23. The number of hydrogen-bond donors (Lipinski definition) is 0. The molecule has 6 nitrogen and oxygen atoms in total. The van der Waals surface area contributed by atoms with Gasteiger partial charge in [0, 0.05) is 12.7 Å². The fourth-order valence-corrected chi connectivity index (χ4v) is 2.33. The Hall–Kier alpha value is -1.98. The van der Waals surface area contributed by atoms with Gasteiger partial charge in [0.1, 0.15) is 5.82 Å². The molecule has 0 saturated carbocycles. The molecule has 1 aliphatic rings. The number of hydrogen-bond acceptors (Lipinski definition) is 6. The van der Waals surface area contributed by atoms with Crippen molar-refractivity contribution in [2.24, 2.45) is 0 Å². The average molecular weight is 263 g/mol. The highest BCUT2D eigenvalue weighted by atomic mass is 16.5. The molecule has 0 aliphatic carbocycles. The normalized spacial score (nSPS) is 19.1. The fourth-order valence-electron chi connectivity index (χ4n) is 2.33. The van der Waals surface area contributed by atoms with Gasteiger partial charge in [-0.3, -0.25) is 4.79 Å². The Balaban J connectivity index is 2.29. The largest absolute Gasteiger partial charge is 0.463 e. The smallest absolute Gasteiger partial charge is 0.376 e. The van der Waals surface area contributed by atoms with Crippen LogP contribution in [0.5, 0.6) is 0 Å². The van der Waals surface area contributed by atoms with Crippen molar-refractivity contribution in [1.82, 2.24) is 9.97 Å². The standard InChI is InChI=1S/C13H17N3O3/c1-9(17)10-5-3-4-8-16(10)11-6-7-14-12(15-11)13(18)19-2/h6-7,10H,3-5,8H2,1-2H3. The number of esters is 1. The van der Waals surface area contributed by atoms with Crippen molar-refractivity contribution >= 4 is 17.6 Å². The molecule has 0 N–H and O–H groups in total. The van der Waals surface area contributed by atoms with Crippen LogP contribution in [0.25, 0.3) is 0 Å². The molecule has 1 aromatic rings. The number of carbonyl (C=O) groups is 2. The summed E-state index contributed by atoms with van der Waals surface area (Å²) in [4.78, 5) is 33.1. The van der Waals surface area contributed by atoms with E-state index in [0.717, 1.165) is 25.8 Å². The number of nitrogens with zero attached hydrogens (tertiary/aromatic N) is 3. The third-order valence-corrected chi connectivity index (χ3v) is 3.28. The summed E-state index contributed by atoms with van der Waals surface area (Å²) in [6, 6.07) is 1.56. The van der Waals surface area contributed by atoms with E-state index in [1.807, 2.05) is 4.90 Å². The number of rotatable bonds is 3. The van der Waals surface area contributed by atoms with Gasteiger partial charge in [-0.15, -0.1) is 0 Å². The van der Waals surface area contributed by atoms with E-state index in [-0.39, 0.29) is 17.6 Å². The van der Waals surface area contributed by atoms with E-state index < -0.39 is 5.97 Å². The monoisotopic (exact) mass is 263 g/mol. The lowest BCUT2D eigenvalue weighted by Gasteiger charge is -2.35. The van der Waals surface area contributed by atoms with Crippen molar-refractivity contribution in [2.75, 3.05) is 18.6 Å². The Morgan fingerprint density at radius 2 is 2.21 bits per heavy atom. The van der Waals surface area contributed by atoms with E-state index in [9.17, 15) is 9.59 Å². The molecule has 1 saturated heterocycles. The van der Waals surface area contributed by atoms with Crippen LogP contribution in [0.2, 0.25) is 0 Å². The van der Waals surface area contributed by atoms with Gasteiger partial charge >= 0.3 is 5.97 Å². The van der Waals surface area contributed by atoms with Crippen molar-refractivity contribution in [3.05, 3.63) is 18.1 Å². The second-order valence-corrected chi connectivity index (χ2v) is 4.55. The number of aromatic nitrogens is 2. The average Bonchev–Trinajstić information content (AvgIpc) is 2.46. The Morgan fingerprint density at radius 1 is 1.42 bits per heavy atom. The molecule has 0 spiro atoms. The maximum absolute atomic E-state index is 11.7. The van der Waals surface area contributed by atoms with Crippen molar-refractivity contribution < 1.29 is 14.3 Å². The van der Waals surface area contributed by atoms with E-state index in [2.05, 4.69) is 14.7 Å². The fraction of sp³-hybridized carbons (Fsp3) is 0.538. The summed E-state index contributed by atoms with van der Waals surface area (Å²) in [6.07, 6.45) is 4.39. The summed E-state index contributed by atoms with van der Waals surface area (Å²) in [5.41, 5.74) is 0. The molecule has 0 radical (unpaired) electrons. The molecule has 0 amide bonds. The maximum atomic E-state index is 11.7. The molecule has 0 bridgehead atoms. The molecule has 2 heterocycles. The predicted octanol–water partition coefficient (Wildman–Crippen LogP) is 1.21. The minimum Gasteiger partial charge on any atom is -0.463 e. The van der Waals surface area contributed by atoms with Gasteiger partial charge < -0.3 is 9.64 Å². The van der Waals surface area contributed by atoms with Crippen LogP contribution in [0.15, 0.2) is 12.3 Å². The lowest BCUT2D eigenvalue weighted by molar-refractivity contribution is -0.118. The van der Waals surface area contributed by atoms with E-state index >= 15 is 0 Å². The first kappa shape index (κ1) is 13.5. The number of anilines is 1.